The molecule has 0 aliphatic carbocycles. The molecular weight excluding hydrogens is 438 g/mol. The van der Waals surface area contributed by atoms with E-state index in [9.17, 15) is 8.42 Å². The monoisotopic (exact) mass is 467 g/mol. The molecule has 1 atom stereocenters. The summed E-state index contributed by atoms with van der Waals surface area (Å²) in [6, 6.07) is 4.22. The number of nitrogens with one attached hydrogen (secondary N) is 1. The molecule has 0 aliphatic heterocycles. The highest BCUT2D eigenvalue weighted by molar-refractivity contribution is 7.89. The number of benzene rings is 1. The number of rotatable bonds is 9. The summed E-state index contributed by atoms with van der Waals surface area (Å²) in [4.78, 5) is 1.95. The average Bonchev–Trinajstić information content (AvgIpc) is 3.06. The van der Waals surface area contributed by atoms with Crippen LogP contribution in [0.2, 0.25) is 5.02 Å². The maximum atomic E-state index is 13.1. The Morgan fingerprint density at radius 2 is 1.81 bits per heavy atom. The molecule has 10 heteroatoms. The van der Waals surface area contributed by atoms with Crippen LogP contribution in [0.15, 0.2) is 23.2 Å². The van der Waals surface area contributed by atoms with E-state index in [1.165, 1.54) is 0 Å². The summed E-state index contributed by atoms with van der Waals surface area (Å²) in [5.41, 5.74) is 2.01. The fourth-order valence-corrected chi connectivity index (χ4v) is 4.77. The zero-order valence-electron chi connectivity index (χ0n) is 19.0. The molecule has 1 unspecified atom stereocenters. The Morgan fingerprint density at radius 3 is 2.32 bits per heavy atom. The van der Waals surface area contributed by atoms with Gasteiger partial charge in [-0.1, -0.05) is 25.4 Å². The summed E-state index contributed by atoms with van der Waals surface area (Å²) >= 11 is 6.27. The van der Waals surface area contributed by atoms with Gasteiger partial charge in [0.2, 0.25) is 0 Å². The van der Waals surface area contributed by atoms with Gasteiger partial charge < -0.3 is 9.64 Å². The van der Waals surface area contributed by atoms with Crippen LogP contribution in [0, 0.1) is 11.5 Å². The van der Waals surface area contributed by atoms with Gasteiger partial charge in [-0.15, -0.1) is 5.26 Å². The minimum atomic E-state index is -3.94. The number of sulfonamides is 1. The van der Waals surface area contributed by atoms with Gasteiger partial charge in [0.25, 0.3) is 16.3 Å². The molecule has 0 saturated carbocycles. The Balaban J connectivity index is 2.46. The van der Waals surface area contributed by atoms with E-state index in [1.807, 2.05) is 46.7 Å². The molecule has 1 aromatic carbocycles. The first-order chi connectivity index (χ1) is 14.4. The van der Waals surface area contributed by atoms with Gasteiger partial charge in [0.1, 0.15) is 0 Å². The number of ether oxygens (including phenoxy) is 1. The maximum Gasteiger partial charge on any atom is 0.292 e. The molecule has 1 N–H and O–H groups in total. The topological polar surface area (TPSA) is 100 Å². The smallest absolute Gasteiger partial charge is 0.292 e. The van der Waals surface area contributed by atoms with E-state index < -0.39 is 16.1 Å². The molecule has 0 spiro atoms. The first-order valence-corrected chi connectivity index (χ1v) is 11.9. The molecule has 1 aromatic heterocycles. The largest absolute Gasteiger partial charge is 0.387 e. The third-order valence-electron chi connectivity index (χ3n) is 4.71. The molecule has 0 aliphatic rings. The van der Waals surface area contributed by atoms with E-state index in [-0.39, 0.29) is 17.0 Å². The minimum Gasteiger partial charge on any atom is -0.387 e. The van der Waals surface area contributed by atoms with Crippen molar-refractivity contribution >= 4 is 21.6 Å². The van der Waals surface area contributed by atoms with Gasteiger partial charge in [0, 0.05) is 40.8 Å². The van der Waals surface area contributed by atoms with E-state index in [1.54, 1.807) is 36.1 Å². The lowest BCUT2D eigenvalue weighted by atomic mass is 9.96. The average molecular weight is 468 g/mol. The van der Waals surface area contributed by atoms with Crippen molar-refractivity contribution in [1.82, 2.24) is 19.4 Å². The molecular formula is C21H30ClN5O3S. The number of halogens is 1. The lowest BCUT2D eigenvalue weighted by Gasteiger charge is -2.20. The maximum absolute atomic E-state index is 13.1. The molecule has 2 rings (SSSR count). The second-order valence-electron chi connectivity index (χ2n) is 8.35. The van der Waals surface area contributed by atoms with Crippen LogP contribution < -0.4 is 9.46 Å². The van der Waals surface area contributed by atoms with Gasteiger partial charge in [-0.3, -0.25) is 4.68 Å². The summed E-state index contributed by atoms with van der Waals surface area (Å²) in [7, 11) is -0.116. The third kappa shape index (κ3) is 5.98. The van der Waals surface area contributed by atoms with Crippen LogP contribution in [0.4, 0.5) is 0 Å². The molecule has 1 heterocycles. The summed E-state index contributed by atoms with van der Waals surface area (Å²) < 4.78 is 35.8. The standard InChI is InChI=1S/C21H30ClN5O3S/c1-13(2)18-8-16(22)9-19(21(18)30-12-23)15(5)25-31(28,29)20-10-17(11-26(6)7)27(24-20)14(3)4/h8-10,13-15,25H,11H2,1-7H3. The Bertz CT molecular complexity index is 1070. The molecule has 0 amide bonds. The predicted molar refractivity (Wildman–Crippen MR) is 121 cm³/mol. The Labute approximate surface area is 189 Å². The zero-order valence-corrected chi connectivity index (χ0v) is 20.5. The van der Waals surface area contributed by atoms with Crippen LogP contribution in [-0.4, -0.2) is 37.2 Å². The van der Waals surface area contributed by atoms with E-state index in [0.717, 1.165) is 11.3 Å². The first kappa shape index (κ1) is 25.1. The number of hydrogen-bond donors (Lipinski definition) is 1. The van der Waals surface area contributed by atoms with Crippen molar-refractivity contribution in [3.63, 3.8) is 0 Å². The summed E-state index contributed by atoms with van der Waals surface area (Å²) in [5.74, 6) is 0.345. The molecule has 0 bridgehead atoms. The van der Waals surface area contributed by atoms with E-state index >= 15 is 0 Å². The Kier molecular flexibility index (Phi) is 8.11. The van der Waals surface area contributed by atoms with Crippen molar-refractivity contribution < 1.29 is 13.2 Å². The van der Waals surface area contributed by atoms with Crippen molar-refractivity contribution in [3.05, 3.63) is 40.0 Å². The lowest BCUT2D eigenvalue weighted by Crippen LogP contribution is -2.28. The second-order valence-corrected chi connectivity index (χ2v) is 10.5. The molecule has 0 saturated heterocycles. The summed E-state index contributed by atoms with van der Waals surface area (Å²) in [5, 5.41) is 13.8. The second kappa shape index (κ2) is 10.0. The minimum absolute atomic E-state index is 0.00786. The van der Waals surface area contributed by atoms with Gasteiger partial charge >= 0.3 is 0 Å². The van der Waals surface area contributed by atoms with Crippen LogP contribution in [0.25, 0.3) is 0 Å². The molecule has 31 heavy (non-hydrogen) atoms. The van der Waals surface area contributed by atoms with Crippen molar-refractivity contribution in [2.75, 3.05) is 14.1 Å². The van der Waals surface area contributed by atoms with Gasteiger partial charge in [-0.25, -0.2) is 13.1 Å². The quantitative estimate of drug-likeness (QED) is 0.554. The van der Waals surface area contributed by atoms with Gasteiger partial charge in [0.15, 0.2) is 10.8 Å². The highest BCUT2D eigenvalue weighted by Crippen LogP contribution is 2.37. The van der Waals surface area contributed by atoms with Gasteiger partial charge in [-0.2, -0.15) is 5.10 Å². The zero-order chi connectivity index (χ0) is 23.5. The van der Waals surface area contributed by atoms with Crippen LogP contribution in [-0.2, 0) is 16.6 Å². The third-order valence-corrected chi connectivity index (χ3v) is 6.34. The fraction of sp³-hybridized carbons (Fsp3) is 0.524. The van der Waals surface area contributed by atoms with Gasteiger partial charge in [-0.05, 0) is 52.9 Å². The molecule has 170 valence electrons. The van der Waals surface area contributed by atoms with Crippen LogP contribution in [0.3, 0.4) is 0 Å². The SMILES string of the molecule is CC(C)c1cc(Cl)cc(C(C)NS(=O)(=O)c2cc(CN(C)C)n(C(C)C)n2)c1OC#N. The fourth-order valence-electron chi connectivity index (χ4n) is 3.34. The molecule has 0 fully saturated rings. The van der Waals surface area contributed by atoms with Crippen molar-refractivity contribution in [1.29, 1.82) is 5.26 Å². The Morgan fingerprint density at radius 1 is 1.19 bits per heavy atom. The van der Waals surface area contributed by atoms with Crippen LogP contribution >= 0.6 is 11.6 Å². The molecule has 8 nitrogen and oxygen atoms in total. The van der Waals surface area contributed by atoms with Crippen molar-refractivity contribution in [2.24, 2.45) is 0 Å². The number of aromatic nitrogens is 2. The summed E-state index contributed by atoms with van der Waals surface area (Å²) in [6.07, 6.45) is 1.69. The van der Waals surface area contributed by atoms with E-state index in [2.05, 4.69) is 9.82 Å². The van der Waals surface area contributed by atoms with E-state index in [0.29, 0.717) is 22.9 Å². The predicted octanol–water partition coefficient (Wildman–Crippen LogP) is 4.20. The lowest BCUT2D eigenvalue weighted by molar-refractivity contribution is 0.372. The number of nitrogens with zero attached hydrogens (tertiary/aromatic N) is 4. The first-order valence-electron chi connectivity index (χ1n) is 10.0. The van der Waals surface area contributed by atoms with Crippen LogP contribution in [0.5, 0.6) is 5.75 Å². The molecule has 0 radical (unpaired) electrons. The summed E-state index contributed by atoms with van der Waals surface area (Å²) in [6.45, 7) is 10.0. The number of nitriles is 1. The Hall–Kier alpha value is -2.12. The highest BCUT2D eigenvalue weighted by atomic mass is 35.5. The van der Waals surface area contributed by atoms with E-state index in [4.69, 9.17) is 21.6 Å². The molecule has 2 aromatic rings. The van der Waals surface area contributed by atoms with Crippen LogP contribution in [0.1, 0.15) is 69.4 Å². The van der Waals surface area contributed by atoms with Gasteiger partial charge in [0.05, 0.1) is 5.69 Å². The normalized spacial score (nSPS) is 13.1. The van der Waals surface area contributed by atoms with Crippen molar-refractivity contribution in [3.8, 4) is 12.0 Å². The van der Waals surface area contributed by atoms with Crippen molar-refractivity contribution in [2.45, 2.75) is 64.2 Å². The highest BCUT2D eigenvalue weighted by Gasteiger charge is 2.27. The number of hydrogen-bond acceptors (Lipinski definition) is 6.